The molecule has 0 bridgehead atoms. The molecular formula is C10H20O3S. The second-order valence-corrected chi connectivity index (χ2v) is 5.17. The van der Waals surface area contributed by atoms with Gasteiger partial charge in [-0.25, -0.2) is 0 Å². The standard InChI is InChI=1S/C10H20O3S/c1-3-5-6-7-8-9-10(4-2)14(11,12)13/h3,10H,1,4-9H2,2H3,(H,11,12,13). The third-order valence-electron chi connectivity index (χ3n) is 2.31. The minimum absolute atomic E-state index is 0.486. The Labute approximate surface area is 87.0 Å². The van der Waals surface area contributed by atoms with E-state index < -0.39 is 15.4 Å². The fourth-order valence-corrected chi connectivity index (χ4v) is 2.29. The molecule has 0 rings (SSSR count). The largest absolute Gasteiger partial charge is 0.285 e. The predicted molar refractivity (Wildman–Crippen MR) is 58.9 cm³/mol. The zero-order valence-corrected chi connectivity index (χ0v) is 9.59. The second-order valence-electron chi connectivity index (χ2n) is 3.47. The van der Waals surface area contributed by atoms with E-state index in [0.29, 0.717) is 12.8 Å². The van der Waals surface area contributed by atoms with Crippen LogP contribution in [0.4, 0.5) is 0 Å². The van der Waals surface area contributed by atoms with E-state index in [1.807, 2.05) is 6.08 Å². The molecule has 0 heterocycles. The van der Waals surface area contributed by atoms with E-state index in [1.165, 1.54) is 0 Å². The quantitative estimate of drug-likeness (QED) is 0.389. The van der Waals surface area contributed by atoms with Gasteiger partial charge in [0.25, 0.3) is 10.1 Å². The Morgan fingerprint density at radius 3 is 2.43 bits per heavy atom. The highest BCUT2D eigenvalue weighted by Gasteiger charge is 2.19. The van der Waals surface area contributed by atoms with Gasteiger partial charge in [0, 0.05) is 0 Å². The van der Waals surface area contributed by atoms with Crippen LogP contribution in [0.3, 0.4) is 0 Å². The molecule has 4 heteroatoms. The monoisotopic (exact) mass is 220 g/mol. The van der Waals surface area contributed by atoms with Crippen LogP contribution >= 0.6 is 0 Å². The molecule has 0 saturated carbocycles. The summed E-state index contributed by atoms with van der Waals surface area (Å²) in [5.41, 5.74) is 0. The molecule has 0 saturated heterocycles. The van der Waals surface area contributed by atoms with E-state index in [9.17, 15) is 8.42 Å². The van der Waals surface area contributed by atoms with Crippen molar-refractivity contribution in [2.45, 2.75) is 50.7 Å². The molecule has 14 heavy (non-hydrogen) atoms. The Morgan fingerprint density at radius 1 is 1.36 bits per heavy atom. The van der Waals surface area contributed by atoms with E-state index >= 15 is 0 Å². The van der Waals surface area contributed by atoms with E-state index in [0.717, 1.165) is 25.7 Å². The predicted octanol–water partition coefficient (Wildman–Crippen LogP) is 2.79. The molecule has 0 aliphatic heterocycles. The molecule has 0 aromatic rings. The lowest BCUT2D eigenvalue weighted by molar-refractivity contribution is 0.454. The summed E-state index contributed by atoms with van der Waals surface area (Å²) in [6.45, 7) is 5.39. The zero-order chi connectivity index (χ0) is 11.0. The van der Waals surface area contributed by atoms with Crippen LogP contribution in [-0.4, -0.2) is 18.2 Å². The summed E-state index contributed by atoms with van der Waals surface area (Å²) in [7, 11) is -3.83. The van der Waals surface area contributed by atoms with Crippen molar-refractivity contribution >= 4 is 10.1 Å². The first-order valence-electron chi connectivity index (χ1n) is 5.09. The Balaban J connectivity index is 3.70. The van der Waals surface area contributed by atoms with Gasteiger partial charge in [-0.2, -0.15) is 8.42 Å². The van der Waals surface area contributed by atoms with Crippen molar-refractivity contribution in [2.75, 3.05) is 0 Å². The average Bonchev–Trinajstić information content (AvgIpc) is 2.09. The van der Waals surface area contributed by atoms with Gasteiger partial charge < -0.3 is 0 Å². The molecule has 0 aliphatic rings. The van der Waals surface area contributed by atoms with Crippen LogP contribution < -0.4 is 0 Å². The number of hydrogen-bond acceptors (Lipinski definition) is 2. The summed E-state index contributed by atoms with van der Waals surface area (Å²) in [4.78, 5) is 0. The van der Waals surface area contributed by atoms with Crippen molar-refractivity contribution in [3.8, 4) is 0 Å². The summed E-state index contributed by atoms with van der Waals surface area (Å²) in [6.07, 6.45) is 6.78. The SMILES string of the molecule is C=CCCCCCC(CC)S(=O)(=O)O. The number of unbranched alkanes of at least 4 members (excludes halogenated alkanes) is 3. The maximum atomic E-state index is 10.8. The van der Waals surface area contributed by atoms with Gasteiger partial charge in [0.1, 0.15) is 0 Å². The normalized spacial score (nSPS) is 13.9. The third-order valence-corrected chi connectivity index (χ3v) is 3.72. The Morgan fingerprint density at radius 2 is 2.00 bits per heavy atom. The fourth-order valence-electron chi connectivity index (χ4n) is 1.40. The van der Waals surface area contributed by atoms with Crippen LogP contribution in [0, 0.1) is 0 Å². The molecule has 0 radical (unpaired) electrons. The summed E-state index contributed by atoms with van der Waals surface area (Å²) < 4.78 is 30.5. The van der Waals surface area contributed by atoms with Crippen LogP contribution in [0.5, 0.6) is 0 Å². The zero-order valence-electron chi connectivity index (χ0n) is 8.78. The second kappa shape index (κ2) is 7.01. The first-order valence-corrected chi connectivity index (χ1v) is 6.59. The van der Waals surface area contributed by atoms with Crippen LogP contribution in [0.25, 0.3) is 0 Å². The average molecular weight is 220 g/mol. The van der Waals surface area contributed by atoms with Crippen LogP contribution in [0.1, 0.15) is 45.4 Å². The Hall–Kier alpha value is -0.350. The molecule has 84 valence electrons. The highest BCUT2D eigenvalue weighted by Crippen LogP contribution is 2.14. The molecule has 1 N–H and O–H groups in total. The lowest BCUT2D eigenvalue weighted by Crippen LogP contribution is -2.19. The van der Waals surface area contributed by atoms with Gasteiger partial charge in [0.2, 0.25) is 0 Å². The summed E-state index contributed by atoms with van der Waals surface area (Å²) >= 11 is 0. The molecule has 0 spiro atoms. The Bertz CT molecular complexity index is 244. The minimum Gasteiger partial charge on any atom is -0.285 e. The van der Waals surface area contributed by atoms with Crippen LogP contribution in [-0.2, 0) is 10.1 Å². The first-order chi connectivity index (χ1) is 6.52. The van der Waals surface area contributed by atoms with Gasteiger partial charge in [-0.15, -0.1) is 6.58 Å². The first kappa shape index (κ1) is 13.7. The molecule has 1 atom stereocenters. The summed E-state index contributed by atoms with van der Waals surface area (Å²) in [5, 5.41) is -0.578. The molecule has 0 aliphatic carbocycles. The number of allylic oxidation sites excluding steroid dienone is 1. The van der Waals surface area contributed by atoms with Crippen molar-refractivity contribution in [1.29, 1.82) is 0 Å². The van der Waals surface area contributed by atoms with E-state index in [-0.39, 0.29) is 0 Å². The Kier molecular flexibility index (Phi) is 6.83. The van der Waals surface area contributed by atoms with Gasteiger partial charge in [-0.3, -0.25) is 4.55 Å². The van der Waals surface area contributed by atoms with E-state index in [2.05, 4.69) is 6.58 Å². The van der Waals surface area contributed by atoms with E-state index in [1.54, 1.807) is 6.92 Å². The van der Waals surface area contributed by atoms with Crippen molar-refractivity contribution in [1.82, 2.24) is 0 Å². The number of hydrogen-bond donors (Lipinski definition) is 1. The van der Waals surface area contributed by atoms with Crippen LogP contribution in [0.15, 0.2) is 12.7 Å². The number of rotatable bonds is 8. The van der Waals surface area contributed by atoms with Crippen molar-refractivity contribution in [2.24, 2.45) is 0 Å². The van der Waals surface area contributed by atoms with Crippen molar-refractivity contribution < 1.29 is 13.0 Å². The van der Waals surface area contributed by atoms with Gasteiger partial charge in [0.05, 0.1) is 5.25 Å². The van der Waals surface area contributed by atoms with Gasteiger partial charge in [-0.1, -0.05) is 25.8 Å². The molecule has 0 aromatic heterocycles. The third kappa shape index (κ3) is 6.16. The lowest BCUT2D eigenvalue weighted by Gasteiger charge is -2.10. The summed E-state index contributed by atoms with van der Waals surface area (Å²) in [6, 6.07) is 0. The molecule has 3 nitrogen and oxygen atoms in total. The highest BCUT2D eigenvalue weighted by molar-refractivity contribution is 7.86. The minimum atomic E-state index is -3.83. The van der Waals surface area contributed by atoms with E-state index in [4.69, 9.17) is 4.55 Å². The maximum absolute atomic E-state index is 10.8. The molecule has 1 unspecified atom stereocenters. The molecular weight excluding hydrogens is 200 g/mol. The highest BCUT2D eigenvalue weighted by atomic mass is 32.2. The summed E-state index contributed by atoms with van der Waals surface area (Å²) in [5.74, 6) is 0. The van der Waals surface area contributed by atoms with Crippen molar-refractivity contribution in [3.05, 3.63) is 12.7 Å². The fraction of sp³-hybridized carbons (Fsp3) is 0.800. The maximum Gasteiger partial charge on any atom is 0.267 e. The van der Waals surface area contributed by atoms with Crippen molar-refractivity contribution in [3.63, 3.8) is 0 Å². The van der Waals surface area contributed by atoms with Gasteiger partial charge >= 0.3 is 0 Å². The smallest absolute Gasteiger partial charge is 0.267 e. The topological polar surface area (TPSA) is 54.4 Å². The van der Waals surface area contributed by atoms with Gasteiger partial charge in [-0.05, 0) is 25.7 Å². The van der Waals surface area contributed by atoms with Crippen LogP contribution in [0.2, 0.25) is 0 Å². The van der Waals surface area contributed by atoms with Gasteiger partial charge in [0.15, 0.2) is 0 Å². The lowest BCUT2D eigenvalue weighted by atomic mass is 10.1. The molecule has 0 amide bonds. The molecule has 0 aromatic carbocycles. The molecule has 0 fully saturated rings.